The summed E-state index contributed by atoms with van der Waals surface area (Å²) in [4.78, 5) is 5.50. The van der Waals surface area contributed by atoms with E-state index < -0.39 is 0 Å². The van der Waals surface area contributed by atoms with Gasteiger partial charge in [0.1, 0.15) is 0 Å². The number of hydrogen-bond acceptors (Lipinski definition) is 2. The van der Waals surface area contributed by atoms with Gasteiger partial charge < -0.3 is 0 Å². The van der Waals surface area contributed by atoms with Gasteiger partial charge >= 0.3 is 0 Å². The Hall–Kier alpha value is -0.0800. The van der Waals surface area contributed by atoms with Crippen LogP contribution in [0.5, 0.6) is 0 Å². The number of nitrogens with zero attached hydrogens (tertiary/aromatic N) is 2. The van der Waals surface area contributed by atoms with Crippen LogP contribution in [0, 0.1) is 5.41 Å². The zero-order valence-corrected chi connectivity index (χ0v) is 13.6. The lowest BCUT2D eigenvalue weighted by molar-refractivity contribution is 0.0311. The molecule has 0 aromatic rings. The first-order valence-electron chi connectivity index (χ1n) is 8.50. The van der Waals surface area contributed by atoms with E-state index in [2.05, 4.69) is 37.5 Å². The van der Waals surface area contributed by atoms with Gasteiger partial charge in [-0.05, 0) is 38.1 Å². The molecule has 2 fully saturated rings. The molecule has 0 spiro atoms. The molecule has 2 aliphatic rings. The fourth-order valence-corrected chi connectivity index (χ4v) is 3.95. The number of fused-ring (bicyclic) bond motifs is 1. The lowest BCUT2D eigenvalue weighted by atomic mass is 9.85. The fraction of sp³-hybridized carbons (Fsp3) is 1.00. The second-order valence-corrected chi connectivity index (χ2v) is 7.69. The lowest BCUT2D eigenvalue weighted by Gasteiger charge is -2.45. The van der Waals surface area contributed by atoms with Gasteiger partial charge in [-0.15, -0.1) is 0 Å². The molecule has 0 aromatic heterocycles. The normalized spacial score (nSPS) is 29.7. The summed E-state index contributed by atoms with van der Waals surface area (Å²) in [6.07, 6.45) is 8.38. The van der Waals surface area contributed by atoms with Crippen molar-refractivity contribution < 1.29 is 0 Å². The van der Waals surface area contributed by atoms with Crippen LogP contribution in [0.15, 0.2) is 0 Å². The van der Waals surface area contributed by atoms with Crippen LogP contribution >= 0.6 is 0 Å². The van der Waals surface area contributed by atoms with Crippen molar-refractivity contribution in [2.75, 3.05) is 26.2 Å². The molecular formula is C17H34N2. The first-order chi connectivity index (χ1) is 9.02. The first kappa shape index (κ1) is 15.3. The summed E-state index contributed by atoms with van der Waals surface area (Å²) in [6, 6.07) is 1.61. The molecule has 2 nitrogen and oxygen atoms in total. The maximum absolute atomic E-state index is 2.78. The topological polar surface area (TPSA) is 6.48 Å². The van der Waals surface area contributed by atoms with Crippen LogP contribution in [0.3, 0.4) is 0 Å². The van der Waals surface area contributed by atoms with Gasteiger partial charge in [-0.3, -0.25) is 9.80 Å². The summed E-state index contributed by atoms with van der Waals surface area (Å²) in [7, 11) is 0. The summed E-state index contributed by atoms with van der Waals surface area (Å²) in [6.45, 7) is 14.9. The second kappa shape index (κ2) is 6.58. The van der Waals surface area contributed by atoms with Crippen molar-refractivity contribution in [1.29, 1.82) is 0 Å². The molecule has 0 amide bonds. The van der Waals surface area contributed by atoms with E-state index in [1.165, 1.54) is 64.7 Å². The molecule has 2 unspecified atom stereocenters. The quantitative estimate of drug-likeness (QED) is 0.675. The predicted molar refractivity (Wildman–Crippen MR) is 83.6 cm³/mol. The molecule has 0 bridgehead atoms. The molecule has 2 saturated heterocycles. The van der Waals surface area contributed by atoms with Crippen LogP contribution in [-0.2, 0) is 0 Å². The molecule has 0 aliphatic carbocycles. The third kappa shape index (κ3) is 4.19. The Morgan fingerprint density at radius 2 is 1.95 bits per heavy atom. The number of unbranched alkanes of at least 4 members (excludes halogenated alkanes) is 2. The van der Waals surface area contributed by atoms with Crippen molar-refractivity contribution >= 4 is 0 Å². The molecule has 112 valence electrons. The summed E-state index contributed by atoms with van der Waals surface area (Å²) in [5.74, 6) is 0. The van der Waals surface area contributed by atoms with Crippen molar-refractivity contribution in [3.05, 3.63) is 0 Å². The number of rotatable bonds is 6. The molecule has 0 aromatic carbocycles. The van der Waals surface area contributed by atoms with E-state index in [-0.39, 0.29) is 0 Å². The van der Waals surface area contributed by atoms with E-state index in [9.17, 15) is 0 Å². The summed E-state index contributed by atoms with van der Waals surface area (Å²) in [5.41, 5.74) is 0.490. The van der Waals surface area contributed by atoms with Crippen molar-refractivity contribution in [1.82, 2.24) is 9.80 Å². The highest BCUT2D eigenvalue weighted by Gasteiger charge is 2.36. The zero-order valence-electron chi connectivity index (χ0n) is 13.6. The van der Waals surface area contributed by atoms with Crippen molar-refractivity contribution in [2.45, 2.75) is 78.3 Å². The highest BCUT2D eigenvalue weighted by atomic mass is 15.3. The second-order valence-electron chi connectivity index (χ2n) is 7.69. The van der Waals surface area contributed by atoms with Crippen molar-refractivity contribution in [2.24, 2.45) is 5.41 Å². The maximum atomic E-state index is 2.78. The van der Waals surface area contributed by atoms with Gasteiger partial charge in [-0.2, -0.15) is 0 Å². The van der Waals surface area contributed by atoms with Gasteiger partial charge in [0.15, 0.2) is 0 Å². The van der Waals surface area contributed by atoms with E-state index in [0.717, 1.165) is 12.1 Å². The standard InChI is InChI=1S/C17H34N2/c1-5-6-7-10-17(3,4)14-19-13-16-9-8-11-18(16)12-15(19)2/h15-16H,5-14H2,1-4H3. The SMILES string of the molecule is CCCCCC(C)(C)CN1CC2CCCN2CC1C. The van der Waals surface area contributed by atoms with Crippen LogP contribution in [0.1, 0.15) is 66.2 Å². The Morgan fingerprint density at radius 3 is 2.68 bits per heavy atom. The highest BCUT2D eigenvalue weighted by molar-refractivity contribution is 4.92. The minimum Gasteiger partial charge on any atom is -0.298 e. The minimum absolute atomic E-state index is 0.490. The average Bonchev–Trinajstić information content (AvgIpc) is 2.76. The minimum atomic E-state index is 0.490. The molecule has 2 aliphatic heterocycles. The Balaban J connectivity index is 1.83. The molecule has 2 heteroatoms. The third-order valence-corrected chi connectivity index (χ3v) is 5.15. The van der Waals surface area contributed by atoms with E-state index in [0.29, 0.717) is 5.41 Å². The summed E-state index contributed by atoms with van der Waals surface area (Å²) < 4.78 is 0. The van der Waals surface area contributed by atoms with Gasteiger partial charge in [0, 0.05) is 31.7 Å². The first-order valence-corrected chi connectivity index (χ1v) is 8.50. The fourth-order valence-electron chi connectivity index (χ4n) is 3.95. The smallest absolute Gasteiger partial charge is 0.0224 e. The van der Waals surface area contributed by atoms with Crippen LogP contribution in [0.25, 0.3) is 0 Å². The predicted octanol–water partition coefficient (Wildman–Crippen LogP) is 3.76. The van der Waals surface area contributed by atoms with Crippen molar-refractivity contribution in [3.8, 4) is 0 Å². The maximum Gasteiger partial charge on any atom is 0.0224 e. The van der Waals surface area contributed by atoms with Gasteiger partial charge in [-0.25, -0.2) is 0 Å². The largest absolute Gasteiger partial charge is 0.298 e. The van der Waals surface area contributed by atoms with E-state index >= 15 is 0 Å². The molecule has 0 N–H and O–H groups in total. The van der Waals surface area contributed by atoms with Gasteiger partial charge in [0.25, 0.3) is 0 Å². The summed E-state index contributed by atoms with van der Waals surface area (Å²) in [5, 5.41) is 0. The van der Waals surface area contributed by atoms with Gasteiger partial charge in [0.05, 0.1) is 0 Å². The third-order valence-electron chi connectivity index (χ3n) is 5.15. The Labute approximate surface area is 120 Å². The Morgan fingerprint density at radius 1 is 1.16 bits per heavy atom. The lowest BCUT2D eigenvalue weighted by Crippen LogP contribution is -2.56. The van der Waals surface area contributed by atoms with E-state index in [4.69, 9.17) is 0 Å². The van der Waals surface area contributed by atoms with Gasteiger partial charge in [0.2, 0.25) is 0 Å². The average molecular weight is 266 g/mol. The molecule has 2 atom stereocenters. The molecule has 19 heavy (non-hydrogen) atoms. The van der Waals surface area contributed by atoms with E-state index in [1.54, 1.807) is 0 Å². The van der Waals surface area contributed by atoms with E-state index in [1.807, 2.05) is 0 Å². The van der Waals surface area contributed by atoms with Crippen LogP contribution in [0.2, 0.25) is 0 Å². The zero-order chi connectivity index (χ0) is 13.9. The molecule has 0 saturated carbocycles. The molecular weight excluding hydrogens is 232 g/mol. The highest BCUT2D eigenvalue weighted by Crippen LogP contribution is 2.30. The monoisotopic (exact) mass is 266 g/mol. The Kier molecular flexibility index (Phi) is 5.30. The Bertz CT molecular complexity index is 274. The number of hydrogen-bond donors (Lipinski definition) is 0. The number of piperazine rings is 1. The van der Waals surface area contributed by atoms with Crippen LogP contribution in [-0.4, -0.2) is 48.1 Å². The van der Waals surface area contributed by atoms with Crippen LogP contribution < -0.4 is 0 Å². The molecule has 0 radical (unpaired) electrons. The summed E-state index contributed by atoms with van der Waals surface area (Å²) >= 11 is 0. The molecule has 2 rings (SSSR count). The van der Waals surface area contributed by atoms with Crippen molar-refractivity contribution in [3.63, 3.8) is 0 Å². The molecule has 2 heterocycles. The van der Waals surface area contributed by atoms with Crippen LogP contribution in [0.4, 0.5) is 0 Å². The van der Waals surface area contributed by atoms with Gasteiger partial charge in [-0.1, -0.05) is 40.0 Å².